The number of methoxy groups -OCH3 is 1. The minimum atomic E-state index is -0.374. The molecule has 88 valence electrons. The highest BCUT2D eigenvalue weighted by atomic mass is 16.5. The molecule has 0 aliphatic rings. The van der Waals surface area contributed by atoms with Crippen molar-refractivity contribution in [1.29, 1.82) is 0 Å². The van der Waals surface area contributed by atoms with Gasteiger partial charge in [0.05, 0.1) is 24.6 Å². The van der Waals surface area contributed by atoms with Gasteiger partial charge in [-0.15, -0.1) is 0 Å². The van der Waals surface area contributed by atoms with Gasteiger partial charge >= 0.3 is 5.97 Å². The second kappa shape index (κ2) is 4.37. The van der Waals surface area contributed by atoms with Gasteiger partial charge in [0.2, 0.25) is 0 Å². The van der Waals surface area contributed by atoms with Gasteiger partial charge in [0, 0.05) is 12.4 Å². The van der Waals surface area contributed by atoms with Gasteiger partial charge in [-0.3, -0.25) is 9.59 Å². The van der Waals surface area contributed by atoms with E-state index < -0.39 is 0 Å². The Morgan fingerprint density at radius 2 is 2.00 bits per heavy atom. The summed E-state index contributed by atoms with van der Waals surface area (Å²) in [7, 11) is 2.89. The van der Waals surface area contributed by atoms with E-state index in [1.54, 1.807) is 25.2 Å². The zero-order valence-electron chi connectivity index (χ0n) is 9.64. The van der Waals surface area contributed by atoms with Crippen LogP contribution < -0.4 is 5.56 Å². The fourth-order valence-corrected chi connectivity index (χ4v) is 1.72. The lowest BCUT2D eigenvalue weighted by atomic mass is 10.1. The van der Waals surface area contributed by atoms with Crippen LogP contribution in [-0.4, -0.2) is 22.9 Å². The SMILES string of the molecule is COC(=O)Cc1nn(C)c(=O)c2ccccc12. The van der Waals surface area contributed by atoms with Crippen molar-refractivity contribution >= 4 is 16.7 Å². The molecule has 0 aliphatic carbocycles. The Kier molecular flexibility index (Phi) is 2.91. The number of fused-ring (bicyclic) bond motifs is 1. The Bertz CT molecular complexity index is 631. The number of hydrogen-bond donors (Lipinski definition) is 0. The van der Waals surface area contributed by atoms with Gasteiger partial charge < -0.3 is 4.74 Å². The molecule has 5 heteroatoms. The van der Waals surface area contributed by atoms with Crippen molar-refractivity contribution in [2.24, 2.45) is 7.05 Å². The number of ether oxygens (including phenoxy) is 1. The normalized spacial score (nSPS) is 10.5. The first-order chi connectivity index (χ1) is 8.13. The van der Waals surface area contributed by atoms with Gasteiger partial charge in [0.15, 0.2) is 0 Å². The minimum Gasteiger partial charge on any atom is -0.469 e. The van der Waals surface area contributed by atoms with E-state index in [-0.39, 0.29) is 17.9 Å². The van der Waals surface area contributed by atoms with Crippen LogP contribution in [0.3, 0.4) is 0 Å². The van der Waals surface area contributed by atoms with E-state index >= 15 is 0 Å². The third-order valence-electron chi connectivity index (χ3n) is 2.57. The van der Waals surface area contributed by atoms with E-state index in [0.29, 0.717) is 16.5 Å². The summed E-state index contributed by atoms with van der Waals surface area (Å²) in [6.07, 6.45) is 0.0606. The lowest BCUT2D eigenvalue weighted by Gasteiger charge is -2.06. The van der Waals surface area contributed by atoms with Crippen LogP contribution in [0.15, 0.2) is 29.1 Å². The molecule has 0 N–H and O–H groups in total. The van der Waals surface area contributed by atoms with Crippen LogP contribution in [0.4, 0.5) is 0 Å². The van der Waals surface area contributed by atoms with Crippen molar-refractivity contribution in [2.75, 3.05) is 7.11 Å². The number of aryl methyl sites for hydroxylation is 1. The van der Waals surface area contributed by atoms with Crippen LogP contribution in [0.2, 0.25) is 0 Å². The summed E-state index contributed by atoms with van der Waals surface area (Å²) in [4.78, 5) is 23.1. The Labute approximate surface area is 97.6 Å². The predicted octanol–water partition coefficient (Wildman–Crippen LogP) is 0.649. The first-order valence-electron chi connectivity index (χ1n) is 5.15. The molecule has 5 nitrogen and oxygen atoms in total. The van der Waals surface area contributed by atoms with E-state index in [1.165, 1.54) is 11.8 Å². The highest BCUT2D eigenvalue weighted by molar-refractivity contribution is 5.86. The molecule has 0 spiro atoms. The molecule has 0 fully saturated rings. The molecule has 0 saturated heterocycles. The summed E-state index contributed by atoms with van der Waals surface area (Å²) in [6, 6.07) is 7.10. The number of benzene rings is 1. The lowest BCUT2D eigenvalue weighted by molar-refractivity contribution is -0.139. The summed E-state index contributed by atoms with van der Waals surface area (Å²) in [5.41, 5.74) is 0.378. The summed E-state index contributed by atoms with van der Waals surface area (Å²) >= 11 is 0. The average Bonchev–Trinajstić information content (AvgIpc) is 2.35. The van der Waals surface area contributed by atoms with E-state index in [0.717, 1.165) is 0 Å². The number of rotatable bonds is 2. The van der Waals surface area contributed by atoms with Crippen LogP contribution in [0, 0.1) is 0 Å². The van der Waals surface area contributed by atoms with Gasteiger partial charge in [-0.05, 0) is 6.07 Å². The van der Waals surface area contributed by atoms with E-state index in [4.69, 9.17) is 0 Å². The van der Waals surface area contributed by atoms with Gasteiger partial charge in [-0.2, -0.15) is 5.10 Å². The maximum atomic E-state index is 11.8. The van der Waals surface area contributed by atoms with E-state index in [1.807, 2.05) is 6.07 Å². The molecule has 1 aromatic heterocycles. The van der Waals surface area contributed by atoms with Crippen LogP contribution >= 0.6 is 0 Å². The third-order valence-corrected chi connectivity index (χ3v) is 2.57. The third kappa shape index (κ3) is 2.04. The first-order valence-corrected chi connectivity index (χ1v) is 5.15. The standard InChI is InChI=1S/C12H12N2O3/c1-14-12(16)9-6-4-3-5-8(9)10(13-14)7-11(15)17-2/h3-6H,7H2,1-2H3. The Morgan fingerprint density at radius 3 is 2.65 bits per heavy atom. The van der Waals surface area contributed by atoms with Crippen molar-refractivity contribution in [3.8, 4) is 0 Å². The molecular formula is C12H12N2O3. The van der Waals surface area contributed by atoms with Crippen molar-refractivity contribution in [3.63, 3.8) is 0 Å². The highest BCUT2D eigenvalue weighted by Crippen LogP contribution is 2.13. The maximum Gasteiger partial charge on any atom is 0.311 e. The molecule has 2 rings (SSSR count). The highest BCUT2D eigenvalue weighted by Gasteiger charge is 2.11. The van der Waals surface area contributed by atoms with Crippen molar-refractivity contribution in [3.05, 3.63) is 40.3 Å². The lowest BCUT2D eigenvalue weighted by Crippen LogP contribution is -2.22. The smallest absolute Gasteiger partial charge is 0.311 e. The Hall–Kier alpha value is -2.17. The van der Waals surface area contributed by atoms with Crippen LogP contribution in [-0.2, 0) is 23.0 Å². The number of esters is 1. The molecule has 0 radical (unpaired) electrons. The molecule has 0 amide bonds. The summed E-state index contributed by atoms with van der Waals surface area (Å²) in [5, 5.41) is 5.35. The largest absolute Gasteiger partial charge is 0.469 e. The van der Waals surface area contributed by atoms with Crippen molar-refractivity contribution in [1.82, 2.24) is 9.78 Å². The van der Waals surface area contributed by atoms with E-state index in [9.17, 15) is 9.59 Å². The molecule has 0 aliphatic heterocycles. The van der Waals surface area contributed by atoms with Gasteiger partial charge in [-0.25, -0.2) is 4.68 Å². The fraction of sp³-hybridized carbons (Fsp3) is 0.250. The van der Waals surface area contributed by atoms with Crippen LogP contribution in [0.5, 0.6) is 0 Å². The van der Waals surface area contributed by atoms with Crippen LogP contribution in [0.25, 0.3) is 10.8 Å². The molecule has 0 bridgehead atoms. The Morgan fingerprint density at radius 1 is 1.35 bits per heavy atom. The second-order valence-electron chi connectivity index (χ2n) is 3.67. The van der Waals surface area contributed by atoms with Crippen molar-refractivity contribution in [2.45, 2.75) is 6.42 Å². The number of aromatic nitrogens is 2. The topological polar surface area (TPSA) is 61.2 Å². The van der Waals surface area contributed by atoms with E-state index in [2.05, 4.69) is 9.84 Å². The summed E-state index contributed by atoms with van der Waals surface area (Å²) in [5.74, 6) is -0.374. The van der Waals surface area contributed by atoms with Gasteiger partial charge in [0.25, 0.3) is 5.56 Å². The van der Waals surface area contributed by atoms with Gasteiger partial charge in [-0.1, -0.05) is 18.2 Å². The molecule has 1 heterocycles. The minimum absolute atomic E-state index is 0.0606. The molecule has 0 saturated carbocycles. The number of carbonyl (C=O) groups excluding carboxylic acids is 1. The zero-order chi connectivity index (χ0) is 12.4. The molecule has 2 aromatic rings. The molecule has 1 aromatic carbocycles. The average molecular weight is 232 g/mol. The fourth-order valence-electron chi connectivity index (χ4n) is 1.72. The molecule has 17 heavy (non-hydrogen) atoms. The maximum absolute atomic E-state index is 11.8. The van der Waals surface area contributed by atoms with Crippen LogP contribution in [0.1, 0.15) is 5.69 Å². The Balaban J connectivity index is 2.67. The van der Waals surface area contributed by atoms with Crippen molar-refractivity contribution < 1.29 is 9.53 Å². The summed E-state index contributed by atoms with van der Waals surface area (Å²) < 4.78 is 5.84. The number of hydrogen-bond acceptors (Lipinski definition) is 4. The number of nitrogens with zero attached hydrogens (tertiary/aromatic N) is 2. The number of carbonyl (C=O) groups is 1. The second-order valence-corrected chi connectivity index (χ2v) is 3.67. The zero-order valence-corrected chi connectivity index (χ0v) is 9.64. The first kappa shape index (κ1) is 11.3. The molecular weight excluding hydrogens is 220 g/mol. The molecule has 0 atom stereocenters. The predicted molar refractivity (Wildman–Crippen MR) is 62.7 cm³/mol. The molecule has 0 unspecified atom stereocenters. The quantitative estimate of drug-likeness (QED) is 0.713. The summed E-state index contributed by atoms with van der Waals surface area (Å²) in [6.45, 7) is 0. The van der Waals surface area contributed by atoms with Gasteiger partial charge in [0.1, 0.15) is 0 Å². The monoisotopic (exact) mass is 232 g/mol.